The first-order valence-electron chi connectivity index (χ1n) is 8.24. The molecule has 150 valence electrons. The summed E-state index contributed by atoms with van der Waals surface area (Å²) in [5, 5.41) is 40.2. The lowest BCUT2D eigenvalue weighted by molar-refractivity contribution is -0.384. The van der Waals surface area contributed by atoms with Crippen molar-refractivity contribution < 1.29 is 39.2 Å². The van der Waals surface area contributed by atoms with Gasteiger partial charge in [-0.15, -0.1) is 0 Å². The third kappa shape index (κ3) is 5.54. The Morgan fingerprint density at radius 3 is 2.52 bits per heavy atom. The minimum Gasteiger partial charge on any atom is -0.447 e. The average Bonchev–Trinajstić information content (AvgIpc) is 2.65. The molecule has 3 N–H and O–H groups in total. The maximum Gasteiger partial charge on any atom is 0.358 e. The second-order valence-electron chi connectivity index (χ2n) is 5.76. The van der Waals surface area contributed by atoms with Gasteiger partial charge in [0.05, 0.1) is 11.5 Å². The fourth-order valence-corrected chi connectivity index (χ4v) is 2.64. The Kier molecular flexibility index (Phi) is 7.83. The quantitative estimate of drug-likeness (QED) is 0.335. The van der Waals surface area contributed by atoms with Crippen LogP contribution < -0.4 is 4.74 Å². The van der Waals surface area contributed by atoms with Crippen LogP contribution in [0.15, 0.2) is 24.3 Å². The number of nitro groups is 1. The lowest BCUT2D eigenvalue weighted by atomic mass is 9.99. The highest BCUT2D eigenvalue weighted by Gasteiger charge is 2.47. The molecule has 0 saturated carbocycles. The summed E-state index contributed by atoms with van der Waals surface area (Å²) >= 11 is 4.96. The third-order valence-corrected chi connectivity index (χ3v) is 3.97. The summed E-state index contributed by atoms with van der Waals surface area (Å²) in [6.45, 7) is 1.65. The molecule has 1 heterocycles. The minimum absolute atomic E-state index is 0.119. The zero-order valence-electron chi connectivity index (χ0n) is 14.5. The van der Waals surface area contributed by atoms with Gasteiger partial charge in [0.2, 0.25) is 0 Å². The maximum atomic E-state index is 10.6. The Balaban J connectivity index is 2.03. The lowest BCUT2D eigenvalue weighted by Crippen LogP contribution is -2.60. The molecule has 0 spiro atoms. The van der Waals surface area contributed by atoms with Gasteiger partial charge in [-0.2, -0.15) is 0 Å². The monoisotopic (exact) mass is 403 g/mol. The number of thiocarbonyl (C=S) groups is 1. The van der Waals surface area contributed by atoms with Crippen LogP contribution in [-0.4, -0.2) is 69.4 Å². The van der Waals surface area contributed by atoms with Gasteiger partial charge >= 0.3 is 5.24 Å². The average molecular weight is 403 g/mol. The van der Waals surface area contributed by atoms with Crippen LogP contribution in [0, 0.1) is 10.1 Å². The van der Waals surface area contributed by atoms with Gasteiger partial charge in [0.15, 0.2) is 12.4 Å². The van der Waals surface area contributed by atoms with Crippen molar-refractivity contribution in [2.75, 3.05) is 13.2 Å². The van der Waals surface area contributed by atoms with Gasteiger partial charge in [0.25, 0.3) is 5.69 Å². The highest BCUT2D eigenvalue weighted by molar-refractivity contribution is 7.79. The van der Waals surface area contributed by atoms with Crippen molar-refractivity contribution in [2.45, 2.75) is 44.1 Å². The first-order valence-corrected chi connectivity index (χ1v) is 8.65. The number of aliphatic hydroxyl groups excluding tert-OH is 3. The molecule has 0 aromatic heterocycles. The number of non-ortho nitro benzene ring substituents is 1. The van der Waals surface area contributed by atoms with Crippen molar-refractivity contribution >= 4 is 23.1 Å². The second-order valence-corrected chi connectivity index (χ2v) is 6.10. The normalized spacial score (nSPS) is 27.8. The van der Waals surface area contributed by atoms with E-state index in [1.165, 1.54) is 24.3 Å². The van der Waals surface area contributed by atoms with Gasteiger partial charge in [-0.3, -0.25) is 10.1 Å². The first-order chi connectivity index (χ1) is 12.9. The standard InChI is InChI=1S/C16H21NO9S/c1-2-7-23-15-13(20)14(12(19)11(8-18)25-15)26-16(27)24-10-5-3-9(4-6-10)17(21)22/h3-6,11-15,18-20H,2,7-8H2,1H3/t11-,12-,13+,14+,15+/m1/s1. The number of hydrogen-bond acceptors (Lipinski definition) is 10. The molecule has 1 fully saturated rings. The fourth-order valence-electron chi connectivity index (χ4n) is 2.43. The van der Waals surface area contributed by atoms with Gasteiger partial charge in [0, 0.05) is 31.0 Å². The Bertz CT molecular complexity index is 641. The Hall–Kier alpha value is -1.89. The van der Waals surface area contributed by atoms with Gasteiger partial charge in [-0.25, -0.2) is 0 Å². The van der Waals surface area contributed by atoms with Crippen molar-refractivity contribution in [2.24, 2.45) is 0 Å². The van der Waals surface area contributed by atoms with Gasteiger partial charge < -0.3 is 34.3 Å². The van der Waals surface area contributed by atoms with Gasteiger partial charge in [0.1, 0.15) is 24.1 Å². The lowest BCUT2D eigenvalue weighted by Gasteiger charge is -2.41. The summed E-state index contributed by atoms with van der Waals surface area (Å²) in [6.07, 6.45) is -5.51. The Morgan fingerprint density at radius 1 is 1.30 bits per heavy atom. The van der Waals surface area contributed by atoms with Crippen LogP contribution in [0.5, 0.6) is 5.75 Å². The van der Waals surface area contributed by atoms with Crippen LogP contribution >= 0.6 is 12.2 Å². The molecule has 1 aliphatic rings. The molecule has 1 aliphatic heterocycles. The number of nitro benzene ring substituents is 1. The minimum atomic E-state index is -1.38. The summed E-state index contributed by atoms with van der Waals surface area (Å²) in [6, 6.07) is 5.11. The van der Waals surface area contributed by atoms with E-state index in [1.54, 1.807) is 0 Å². The molecule has 1 aromatic rings. The number of hydrogen-bond donors (Lipinski definition) is 3. The molecule has 0 unspecified atom stereocenters. The molecule has 0 amide bonds. The van der Waals surface area contributed by atoms with Crippen molar-refractivity contribution in [3.05, 3.63) is 34.4 Å². The summed E-state index contributed by atoms with van der Waals surface area (Å²) in [4.78, 5) is 10.1. The van der Waals surface area contributed by atoms with E-state index >= 15 is 0 Å². The highest BCUT2D eigenvalue weighted by atomic mass is 32.1. The number of nitrogens with zero attached hydrogens (tertiary/aromatic N) is 1. The molecule has 2 rings (SSSR count). The van der Waals surface area contributed by atoms with E-state index in [-0.39, 0.29) is 11.4 Å². The molecule has 1 aromatic carbocycles. The van der Waals surface area contributed by atoms with Crippen molar-refractivity contribution in [3.8, 4) is 5.75 Å². The third-order valence-electron chi connectivity index (χ3n) is 3.79. The molecular weight excluding hydrogens is 382 g/mol. The molecule has 0 aliphatic carbocycles. The summed E-state index contributed by atoms with van der Waals surface area (Å²) in [5.74, 6) is 0.180. The van der Waals surface area contributed by atoms with E-state index in [9.17, 15) is 25.4 Å². The first kappa shape index (κ1) is 21.4. The van der Waals surface area contributed by atoms with Crippen LogP contribution in [0.1, 0.15) is 13.3 Å². The van der Waals surface area contributed by atoms with Gasteiger partial charge in [-0.05, 0) is 18.6 Å². The smallest absolute Gasteiger partial charge is 0.358 e. The second kappa shape index (κ2) is 9.88. The molecule has 5 atom stereocenters. The van der Waals surface area contributed by atoms with Crippen LogP contribution in [0.25, 0.3) is 0 Å². The number of benzene rings is 1. The van der Waals surface area contributed by atoms with Crippen LogP contribution in [0.3, 0.4) is 0 Å². The Morgan fingerprint density at radius 2 is 1.96 bits per heavy atom. The van der Waals surface area contributed by atoms with Crippen molar-refractivity contribution in [1.82, 2.24) is 0 Å². The zero-order valence-corrected chi connectivity index (χ0v) is 15.3. The topological polar surface area (TPSA) is 141 Å². The SMILES string of the molecule is CCCO[C@H]1O[C@H](CO)[C@@H](O)[C@H](OC(=S)Oc2ccc([N+](=O)[O-])cc2)[C@@H]1O. The summed E-state index contributed by atoms with van der Waals surface area (Å²) < 4.78 is 21.3. The maximum absolute atomic E-state index is 10.6. The van der Waals surface area contributed by atoms with Crippen LogP contribution in [-0.2, 0) is 14.2 Å². The molecule has 0 radical (unpaired) electrons. The molecule has 1 saturated heterocycles. The van der Waals surface area contributed by atoms with E-state index in [0.717, 1.165) is 0 Å². The van der Waals surface area contributed by atoms with E-state index in [0.29, 0.717) is 13.0 Å². The predicted octanol–water partition coefficient (Wildman–Crippen LogP) is 0.509. The van der Waals surface area contributed by atoms with E-state index in [2.05, 4.69) is 0 Å². The number of rotatable bonds is 7. The summed E-state index contributed by atoms with van der Waals surface area (Å²) in [5.41, 5.74) is -0.119. The molecule has 0 bridgehead atoms. The molecule has 11 heteroatoms. The van der Waals surface area contributed by atoms with Crippen LogP contribution in [0.2, 0.25) is 0 Å². The largest absolute Gasteiger partial charge is 0.447 e. The highest BCUT2D eigenvalue weighted by Crippen LogP contribution is 2.25. The van der Waals surface area contributed by atoms with E-state index < -0.39 is 47.5 Å². The fraction of sp³-hybridized carbons (Fsp3) is 0.562. The predicted molar refractivity (Wildman–Crippen MR) is 95.2 cm³/mol. The zero-order chi connectivity index (χ0) is 20.0. The summed E-state index contributed by atoms with van der Waals surface area (Å²) in [7, 11) is 0. The van der Waals surface area contributed by atoms with Crippen LogP contribution in [0.4, 0.5) is 5.69 Å². The molecule has 10 nitrogen and oxygen atoms in total. The van der Waals surface area contributed by atoms with Gasteiger partial charge in [-0.1, -0.05) is 6.92 Å². The van der Waals surface area contributed by atoms with Crippen molar-refractivity contribution in [1.29, 1.82) is 0 Å². The van der Waals surface area contributed by atoms with E-state index in [4.69, 9.17) is 31.2 Å². The number of ether oxygens (including phenoxy) is 4. The Labute approximate surface area is 160 Å². The number of aliphatic hydroxyl groups is 3. The van der Waals surface area contributed by atoms with E-state index in [1.807, 2.05) is 6.92 Å². The molecular formula is C16H21NO9S. The van der Waals surface area contributed by atoms with Crippen molar-refractivity contribution in [3.63, 3.8) is 0 Å². The molecule has 27 heavy (non-hydrogen) atoms.